The quantitative estimate of drug-likeness (QED) is 0.558. The number of hydrogen-bond acceptors (Lipinski definition) is 4. The van der Waals surface area contributed by atoms with E-state index < -0.39 is 23.8 Å². The highest BCUT2D eigenvalue weighted by Crippen LogP contribution is 2.33. The molecule has 0 radical (unpaired) electrons. The number of nitrogens with one attached hydrogen (secondary N) is 1. The first-order chi connectivity index (χ1) is 15.3. The molecule has 5 nitrogen and oxygen atoms in total. The van der Waals surface area contributed by atoms with Gasteiger partial charge in [-0.15, -0.1) is 0 Å². The molecular formula is C24H25F3N4O. The molecule has 3 heterocycles. The summed E-state index contributed by atoms with van der Waals surface area (Å²) in [5.74, 6) is -0.566. The van der Waals surface area contributed by atoms with Crippen molar-refractivity contribution in [3.8, 4) is 0 Å². The lowest BCUT2D eigenvalue weighted by Crippen LogP contribution is -2.36. The number of halogens is 3. The average Bonchev–Trinajstić information content (AvgIpc) is 2.79. The molecular weight excluding hydrogens is 417 g/mol. The van der Waals surface area contributed by atoms with E-state index in [1.54, 1.807) is 32.3 Å². The van der Waals surface area contributed by atoms with E-state index in [1.807, 2.05) is 11.0 Å². The van der Waals surface area contributed by atoms with Crippen LogP contribution in [0, 0.1) is 5.82 Å². The molecule has 0 saturated carbocycles. The highest BCUT2D eigenvalue weighted by atomic mass is 19.3. The number of nitrogens with zero attached hydrogens (tertiary/aromatic N) is 3. The molecule has 1 aliphatic rings. The van der Waals surface area contributed by atoms with Crippen molar-refractivity contribution in [2.45, 2.75) is 45.1 Å². The van der Waals surface area contributed by atoms with Crippen LogP contribution in [0.25, 0.3) is 10.9 Å². The highest BCUT2D eigenvalue weighted by Gasteiger charge is 2.24. The lowest BCUT2D eigenvalue weighted by Gasteiger charge is -2.31. The largest absolute Gasteiger partial charge is 0.378 e. The van der Waals surface area contributed by atoms with Crippen LogP contribution in [0.1, 0.15) is 61.9 Å². The lowest BCUT2D eigenvalue weighted by atomic mass is 9.92. The number of piperidine rings is 1. The summed E-state index contributed by atoms with van der Waals surface area (Å²) >= 11 is 0. The molecule has 1 fully saturated rings. The molecule has 1 saturated heterocycles. The summed E-state index contributed by atoms with van der Waals surface area (Å²) in [5, 5.41) is 4.09. The third-order valence-corrected chi connectivity index (χ3v) is 6.14. The zero-order chi connectivity index (χ0) is 22.8. The van der Waals surface area contributed by atoms with Crippen LogP contribution in [-0.2, 0) is 4.79 Å². The van der Waals surface area contributed by atoms with E-state index in [4.69, 9.17) is 0 Å². The molecule has 32 heavy (non-hydrogen) atoms. The molecule has 1 amide bonds. The summed E-state index contributed by atoms with van der Waals surface area (Å²) in [5.41, 5.74) is 1.93. The number of carbonyl (C=O) groups excluding carboxylic acids is 1. The molecule has 2 aromatic heterocycles. The highest BCUT2D eigenvalue weighted by molar-refractivity contribution is 5.91. The zero-order valence-electron chi connectivity index (χ0n) is 18.0. The van der Waals surface area contributed by atoms with Gasteiger partial charge < -0.3 is 10.2 Å². The van der Waals surface area contributed by atoms with Gasteiger partial charge in [0.25, 0.3) is 6.43 Å². The Kier molecular flexibility index (Phi) is 6.30. The summed E-state index contributed by atoms with van der Waals surface area (Å²) in [6.45, 7) is 4.72. The Labute approximate surface area is 184 Å². The number of pyridine rings is 2. The summed E-state index contributed by atoms with van der Waals surface area (Å²) < 4.78 is 40.8. The van der Waals surface area contributed by atoms with E-state index in [9.17, 15) is 18.0 Å². The first-order valence-corrected chi connectivity index (χ1v) is 10.7. The number of fused-ring (bicyclic) bond motifs is 1. The maximum absolute atomic E-state index is 14.6. The van der Waals surface area contributed by atoms with Crippen LogP contribution in [0.2, 0.25) is 0 Å². The van der Waals surface area contributed by atoms with E-state index in [2.05, 4.69) is 15.3 Å². The second-order valence-corrected chi connectivity index (χ2v) is 8.18. The van der Waals surface area contributed by atoms with Crippen molar-refractivity contribution in [2.75, 3.05) is 18.4 Å². The fourth-order valence-electron chi connectivity index (χ4n) is 4.29. The third kappa shape index (κ3) is 4.40. The van der Waals surface area contributed by atoms with Gasteiger partial charge in [-0.05, 0) is 31.9 Å². The zero-order valence-corrected chi connectivity index (χ0v) is 18.0. The molecule has 8 heteroatoms. The Balaban J connectivity index is 1.60. The van der Waals surface area contributed by atoms with Gasteiger partial charge in [-0.25, -0.2) is 13.2 Å². The van der Waals surface area contributed by atoms with E-state index >= 15 is 0 Å². The normalized spacial score (nSPS) is 15.9. The molecule has 0 spiro atoms. The number of aromatic nitrogens is 2. The monoisotopic (exact) mass is 442 g/mol. The minimum Gasteiger partial charge on any atom is -0.378 e. The van der Waals surface area contributed by atoms with Crippen LogP contribution in [0.5, 0.6) is 0 Å². The Morgan fingerprint density at radius 3 is 2.56 bits per heavy atom. The first kappa shape index (κ1) is 22.0. The second kappa shape index (κ2) is 9.14. The van der Waals surface area contributed by atoms with E-state index in [-0.39, 0.29) is 17.4 Å². The number of alkyl halides is 2. The smallest absolute Gasteiger partial charge is 0.266 e. The molecule has 1 N–H and O–H groups in total. The van der Waals surface area contributed by atoms with Gasteiger partial charge in [0.05, 0.1) is 23.3 Å². The molecule has 1 aliphatic heterocycles. The second-order valence-electron chi connectivity index (χ2n) is 8.18. The molecule has 0 unspecified atom stereocenters. The van der Waals surface area contributed by atoms with Crippen LogP contribution in [0.3, 0.4) is 0 Å². The fourth-order valence-corrected chi connectivity index (χ4v) is 4.29. The van der Waals surface area contributed by atoms with Gasteiger partial charge >= 0.3 is 0 Å². The van der Waals surface area contributed by atoms with Gasteiger partial charge in [-0.3, -0.25) is 14.8 Å². The molecule has 3 aromatic rings. The average molecular weight is 442 g/mol. The summed E-state index contributed by atoms with van der Waals surface area (Å²) in [6.07, 6.45) is 2.16. The van der Waals surface area contributed by atoms with Gasteiger partial charge in [0.2, 0.25) is 5.91 Å². The van der Waals surface area contributed by atoms with Crippen molar-refractivity contribution in [3.63, 3.8) is 0 Å². The minimum atomic E-state index is -2.87. The van der Waals surface area contributed by atoms with E-state index in [1.165, 1.54) is 12.1 Å². The van der Waals surface area contributed by atoms with Crippen molar-refractivity contribution in [3.05, 3.63) is 65.4 Å². The van der Waals surface area contributed by atoms with E-state index in [0.717, 1.165) is 35.7 Å². The maximum Gasteiger partial charge on any atom is 0.266 e. The summed E-state index contributed by atoms with van der Waals surface area (Å²) in [6, 6.07) is 7.30. The molecule has 168 valence electrons. The molecule has 0 bridgehead atoms. The standard InChI is InChI=1S/C24H25F3N4O/c1-14(17-4-3-5-18(23(17)25)24(26)27)30-20-6-9-28-22-13-29-21(12-19(20)22)16-7-10-31(11-8-16)15(2)32/h3-6,9,12-14,16,24H,7-8,10-11H2,1-2H3,(H,28,30)/t14-/m1/s1. The number of anilines is 1. The van der Waals surface area contributed by atoms with Gasteiger partial charge in [0.1, 0.15) is 5.82 Å². The van der Waals surface area contributed by atoms with Gasteiger partial charge in [0, 0.05) is 54.5 Å². The van der Waals surface area contributed by atoms with Crippen LogP contribution in [-0.4, -0.2) is 33.9 Å². The molecule has 1 atom stereocenters. The van der Waals surface area contributed by atoms with E-state index in [0.29, 0.717) is 18.6 Å². The lowest BCUT2D eigenvalue weighted by molar-refractivity contribution is -0.129. The summed E-state index contributed by atoms with van der Waals surface area (Å²) in [7, 11) is 0. The molecule has 4 rings (SSSR count). The Morgan fingerprint density at radius 1 is 1.16 bits per heavy atom. The predicted octanol–water partition coefficient (Wildman–Crippen LogP) is 5.61. The number of carbonyl (C=O) groups is 1. The predicted molar refractivity (Wildman–Crippen MR) is 117 cm³/mol. The number of amides is 1. The Hall–Kier alpha value is -3.16. The number of likely N-dealkylation sites (tertiary alicyclic amines) is 1. The van der Waals surface area contributed by atoms with Crippen molar-refractivity contribution in [1.29, 1.82) is 0 Å². The first-order valence-electron chi connectivity index (χ1n) is 10.7. The summed E-state index contributed by atoms with van der Waals surface area (Å²) in [4.78, 5) is 22.4. The van der Waals surface area contributed by atoms with Crippen LogP contribution >= 0.6 is 0 Å². The topological polar surface area (TPSA) is 58.1 Å². The Morgan fingerprint density at radius 2 is 1.88 bits per heavy atom. The van der Waals surface area contributed by atoms with Crippen molar-refractivity contribution < 1.29 is 18.0 Å². The Bertz CT molecular complexity index is 1130. The third-order valence-electron chi connectivity index (χ3n) is 6.14. The van der Waals surface area contributed by atoms with Crippen molar-refractivity contribution >= 4 is 22.5 Å². The van der Waals surface area contributed by atoms with Crippen LogP contribution < -0.4 is 5.32 Å². The molecule has 1 aromatic carbocycles. The number of hydrogen-bond donors (Lipinski definition) is 1. The van der Waals surface area contributed by atoms with Gasteiger partial charge in [0.15, 0.2) is 0 Å². The van der Waals surface area contributed by atoms with Gasteiger partial charge in [-0.1, -0.05) is 18.2 Å². The van der Waals surface area contributed by atoms with Crippen molar-refractivity contribution in [2.24, 2.45) is 0 Å². The van der Waals surface area contributed by atoms with Gasteiger partial charge in [-0.2, -0.15) is 0 Å². The van der Waals surface area contributed by atoms with Crippen LogP contribution in [0.15, 0.2) is 42.7 Å². The fraction of sp³-hybridized carbons (Fsp3) is 0.375. The maximum atomic E-state index is 14.6. The van der Waals surface area contributed by atoms with Crippen LogP contribution in [0.4, 0.5) is 18.9 Å². The number of rotatable bonds is 5. The molecule has 0 aliphatic carbocycles. The SMILES string of the molecule is CC(=O)N1CCC(c2cc3c(N[C@H](C)c4cccc(C(F)F)c4F)ccnc3cn2)CC1. The van der Waals surface area contributed by atoms with Crippen molar-refractivity contribution in [1.82, 2.24) is 14.9 Å². The minimum absolute atomic E-state index is 0.0859. The number of benzene rings is 1.